The van der Waals surface area contributed by atoms with E-state index in [0.717, 1.165) is 5.92 Å². The van der Waals surface area contributed by atoms with E-state index in [-0.39, 0.29) is 0 Å². The second-order valence-corrected chi connectivity index (χ2v) is 5.35. The zero-order valence-electron chi connectivity index (χ0n) is 11.0. The second-order valence-electron chi connectivity index (χ2n) is 5.35. The molecular weight excluding hydrogens is 216 g/mol. The van der Waals surface area contributed by atoms with Crippen LogP contribution >= 0.6 is 0 Å². The highest BCUT2D eigenvalue weighted by atomic mass is 14.3. The van der Waals surface area contributed by atoms with Gasteiger partial charge in [-0.2, -0.15) is 0 Å². The van der Waals surface area contributed by atoms with E-state index in [1.54, 1.807) is 11.1 Å². The molecule has 1 aliphatic rings. The largest absolute Gasteiger partial charge is 0.0648 e. The molecule has 1 aliphatic carbocycles. The zero-order chi connectivity index (χ0) is 12.4. The minimum absolute atomic E-state index is 0.700. The molecule has 0 saturated carbocycles. The number of hydrogen-bond acceptors (Lipinski definition) is 0. The first-order valence-electron chi connectivity index (χ1n) is 7.01. The van der Waals surface area contributed by atoms with Crippen molar-refractivity contribution in [3.8, 4) is 0 Å². The average molecular weight is 236 g/mol. The lowest BCUT2D eigenvalue weighted by molar-refractivity contribution is 0.482. The highest BCUT2D eigenvalue weighted by molar-refractivity contribution is 5.36. The summed E-state index contributed by atoms with van der Waals surface area (Å²) < 4.78 is 0. The molecule has 0 bridgehead atoms. The van der Waals surface area contributed by atoms with Gasteiger partial charge in [-0.15, -0.1) is 0 Å². The summed E-state index contributed by atoms with van der Waals surface area (Å²) in [4.78, 5) is 0. The Balaban J connectivity index is 1.95. The van der Waals surface area contributed by atoms with Gasteiger partial charge in [0, 0.05) is 0 Å². The average Bonchev–Trinajstić information content (AvgIpc) is 2.47. The Morgan fingerprint density at radius 3 is 2.44 bits per heavy atom. The first kappa shape index (κ1) is 11.5. The lowest BCUT2D eigenvalue weighted by Crippen LogP contribution is -2.17. The standard InChI is InChI=1S/C18H20/c1-2-14-12-17(15-8-4-3-5-9-15)13-16-10-6-7-11-18(14)16/h3-11,14,17H,2,12-13H2,1H3. The smallest absolute Gasteiger partial charge is 0.0116 e. The van der Waals surface area contributed by atoms with Crippen molar-refractivity contribution >= 4 is 0 Å². The maximum atomic E-state index is 2.32. The molecule has 0 heteroatoms. The summed E-state index contributed by atoms with van der Waals surface area (Å²) >= 11 is 0. The van der Waals surface area contributed by atoms with E-state index < -0.39 is 0 Å². The van der Waals surface area contributed by atoms with Gasteiger partial charge in [0.2, 0.25) is 0 Å². The molecule has 2 aromatic rings. The molecule has 0 aromatic heterocycles. The molecule has 2 atom stereocenters. The van der Waals surface area contributed by atoms with E-state index in [9.17, 15) is 0 Å². The highest BCUT2D eigenvalue weighted by Crippen LogP contribution is 2.41. The lowest BCUT2D eigenvalue weighted by atomic mass is 9.73. The Hall–Kier alpha value is -1.56. The molecule has 0 nitrogen and oxygen atoms in total. The minimum Gasteiger partial charge on any atom is -0.0648 e. The van der Waals surface area contributed by atoms with E-state index in [0.29, 0.717) is 5.92 Å². The molecule has 0 aliphatic heterocycles. The van der Waals surface area contributed by atoms with Gasteiger partial charge in [-0.05, 0) is 47.8 Å². The third-order valence-corrected chi connectivity index (χ3v) is 4.29. The molecule has 18 heavy (non-hydrogen) atoms. The molecule has 0 heterocycles. The van der Waals surface area contributed by atoms with Crippen LogP contribution in [0.5, 0.6) is 0 Å². The molecular formula is C18H20. The molecule has 92 valence electrons. The quantitative estimate of drug-likeness (QED) is 0.695. The highest BCUT2D eigenvalue weighted by Gasteiger charge is 2.26. The van der Waals surface area contributed by atoms with Gasteiger partial charge in [0.25, 0.3) is 0 Å². The first-order valence-corrected chi connectivity index (χ1v) is 7.01. The fourth-order valence-electron chi connectivity index (χ4n) is 3.30. The molecule has 0 spiro atoms. The Bertz CT molecular complexity index is 513. The Labute approximate surface area is 110 Å². The van der Waals surface area contributed by atoms with Crippen LogP contribution in [0.3, 0.4) is 0 Å². The SMILES string of the molecule is CCC1CC(c2ccccc2)Cc2ccccc21. The Morgan fingerprint density at radius 2 is 1.67 bits per heavy atom. The van der Waals surface area contributed by atoms with Crippen LogP contribution in [-0.2, 0) is 6.42 Å². The predicted octanol–water partition coefficient (Wildman–Crippen LogP) is 4.91. The van der Waals surface area contributed by atoms with Crippen molar-refractivity contribution in [2.24, 2.45) is 0 Å². The maximum absolute atomic E-state index is 2.32. The Kier molecular flexibility index (Phi) is 3.19. The van der Waals surface area contributed by atoms with Crippen molar-refractivity contribution in [2.75, 3.05) is 0 Å². The van der Waals surface area contributed by atoms with Crippen molar-refractivity contribution in [1.29, 1.82) is 0 Å². The van der Waals surface area contributed by atoms with Crippen LogP contribution in [0.1, 0.15) is 48.3 Å². The molecule has 2 aromatic carbocycles. The summed E-state index contributed by atoms with van der Waals surface area (Å²) in [6.07, 6.45) is 3.76. The van der Waals surface area contributed by atoms with Crippen molar-refractivity contribution in [3.05, 3.63) is 71.3 Å². The minimum atomic E-state index is 0.700. The number of fused-ring (bicyclic) bond motifs is 1. The summed E-state index contributed by atoms with van der Waals surface area (Å²) in [6.45, 7) is 2.31. The van der Waals surface area contributed by atoms with Crippen LogP contribution in [0.15, 0.2) is 54.6 Å². The molecule has 0 N–H and O–H groups in total. The van der Waals surface area contributed by atoms with E-state index in [4.69, 9.17) is 0 Å². The van der Waals surface area contributed by atoms with Gasteiger partial charge in [-0.25, -0.2) is 0 Å². The summed E-state index contributed by atoms with van der Waals surface area (Å²) in [7, 11) is 0. The van der Waals surface area contributed by atoms with Gasteiger partial charge in [0.05, 0.1) is 0 Å². The first-order chi connectivity index (χ1) is 8.88. The maximum Gasteiger partial charge on any atom is -0.0116 e. The van der Waals surface area contributed by atoms with Gasteiger partial charge in [-0.1, -0.05) is 61.5 Å². The normalized spacial score (nSPS) is 22.5. The molecule has 2 unspecified atom stereocenters. The van der Waals surface area contributed by atoms with Crippen LogP contribution in [0.2, 0.25) is 0 Å². The fourth-order valence-corrected chi connectivity index (χ4v) is 3.30. The summed E-state index contributed by atoms with van der Waals surface area (Å²) in [5.74, 6) is 1.44. The molecule has 0 saturated heterocycles. The van der Waals surface area contributed by atoms with Crippen molar-refractivity contribution in [2.45, 2.75) is 38.0 Å². The van der Waals surface area contributed by atoms with Gasteiger partial charge in [0.1, 0.15) is 0 Å². The topological polar surface area (TPSA) is 0 Å². The van der Waals surface area contributed by atoms with Crippen LogP contribution in [-0.4, -0.2) is 0 Å². The van der Waals surface area contributed by atoms with Crippen molar-refractivity contribution < 1.29 is 0 Å². The number of rotatable bonds is 2. The van der Waals surface area contributed by atoms with Gasteiger partial charge in [0.15, 0.2) is 0 Å². The molecule has 0 fully saturated rings. The van der Waals surface area contributed by atoms with Gasteiger partial charge >= 0.3 is 0 Å². The van der Waals surface area contributed by atoms with E-state index in [2.05, 4.69) is 61.5 Å². The number of hydrogen-bond donors (Lipinski definition) is 0. The summed E-state index contributed by atoms with van der Waals surface area (Å²) in [5.41, 5.74) is 4.65. The monoisotopic (exact) mass is 236 g/mol. The lowest BCUT2D eigenvalue weighted by Gasteiger charge is -2.31. The molecule has 0 radical (unpaired) electrons. The van der Waals surface area contributed by atoms with E-state index in [1.165, 1.54) is 24.8 Å². The van der Waals surface area contributed by atoms with Crippen molar-refractivity contribution in [3.63, 3.8) is 0 Å². The van der Waals surface area contributed by atoms with E-state index in [1.807, 2.05) is 0 Å². The number of benzene rings is 2. The van der Waals surface area contributed by atoms with Crippen LogP contribution < -0.4 is 0 Å². The second kappa shape index (κ2) is 4.97. The predicted molar refractivity (Wildman–Crippen MR) is 77.0 cm³/mol. The summed E-state index contributed by atoms with van der Waals surface area (Å²) in [5, 5.41) is 0. The zero-order valence-corrected chi connectivity index (χ0v) is 11.0. The van der Waals surface area contributed by atoms with Crippen molar-refractivity contribution in [1.82, 2.24) is 0 Å². The molecule has 0 amide bonds. The summed E-state index contributed by atoms with van der Waals surface area (Å²) in [6, 6.07) is 20.0. The van der Waals surface area contributed by atoms with Crippen LogP contribution in [0, 0.1) is 0 Å². The van der Waals surface area contributed by atoms with Crippen LogP contribution in [0.4, 0.5) is 0 Å². The third kappa shape index (κ3) is 2.08. The Morgan fingerprint density at radius 1 is 0.944 bits per heavy atom. The fraction of sp³-hybridized carbons (Fsp3) is 0.333. The van der Waals surface area contributed by atoms with Crippen LogP contribution in [0.25, 0.3) is 0 Å². The van der Waals surface area contributed by atoms with Gasteiger partial charge in [-0.3, -0.25) is 0 Å². The third-order valence-electron chi connectivity index (χ3n) is 4.29. The van der Waals surface area contributed by atoms with E-state index >= 15 is 0 Å². The van der Waals surface area contributed by atoms with Gasteiger partial charge < -0.3 is 0 Å². The molecule has 3 rings (SSSR count).